The van der Waals surface area contributed by atoms with Crippen LogP contribution >= 0.6 is 0 Å². The van der Waals surface area contributed by atoms with Gasteiger partial charge in [0.2, 0.25) is 0 Å². The quantitative estimate of drug-likeness (QED) is 0.216. The van der Waals surface area contributed by atoms with E-state index in [2.05, 4.69) is 50.2 Å². The molecule has 0 spiro atoms. The molecule has 39 heavy (non-hydrogen) atoms. The summed E-state index contributed by atoms with van der Waals surface area (Å²) in [7, 11) is 0. The molecule has 1 heterocycles. The molecule has 0 N–H and O–H groups in total. The number of Topliss-reactive ketones (excluding diaryl/α,β-unsaturated/α-hetero) is 1. The van der Waals surface area contributed by atoms with Gasteiger partial charge in [-0.3, -0.25) is 4.79 Å². The van der Waals surface area contributed by atoms with E-state index in [-0.39, 0.29) is 11.7 Å². The number of hydrogen-bond donors (Lipinski definition) is 0. The van der Waals surface area contributed by atoms with E-state index in [4.69, 9.17) is 9.47 Å². The second-order valence-corrected chi connectivity index (χ2v) is 10.0. The van der Waals surface area contributed by atoms with Gasteiger partial charge in [0.15, 0.2) is 28.8 Å². The fraction of sp³-hybridized carbons (Fsp3) is 0.194. The van der Waals surface area contributed by atoms with Crippen LogP contribution in [0.4, 0.5) is 0 Å². The first-order valence-electron chi connectivity index (χ1n) is 13.7. The van der Waals surface area contributed by atoms with Gasteiger partial charge >= 0.3 is 0 Å². The van der Waals surface area contributed by atoms with Crippen molar-refractivity contribution >= 4 is 5.78 Å². The summed E-state index contributed by atoms with van der Waals surface area (Å²) in [6.07, 6.45) is 11.0. The molecule has 0 fully saturated rings. The van der Waals surface area contributed by atoms with Crippen molar-refractivity contribution in [3.8, 4) is 34.1 Å². The second kappa shape index (κ2) is 12.0. The Bertz CT molecular complexity index is 1530. The van der Waals surface area contributed by atoms with Crippen LogP contribution in [0.2, 0.25) is 0 Å². The van der Waals surface area contributed by atoms with Gasteiger partial charge in [-0.25, -0.2) is 0 Å². The molecule has 0 amide bonds. The van der Waals surface area contributed by atoms with Gasteiger partial charge in [-0.1, -0.05) is 111 Å². The van der Waals surface area contributed by atoms with Gasteiger partial charge in [0.25, 0.3) is 0 Å². The summed E-state index contributed by atoms with van der Waals surface area (Å²) >= 11 is 0. The summed E-state index contributed by atoms with van der Waals surface area (Å²) in [5, 5.41) is 0. The minimum Gasteiger partial charge on any atom is -0.450 e. The van der Waals surface area contributed by atoms with E-state index in [1.165, 1.54) is 34.2 Å². The molecule has 4 aromatic rings. The fourth-order valence-corrected chi connectivity index (χ4v) is 4.86. The van der Waals surface area contributed by atoms with Crippen LogP contribution in [0.1, 0.15) is 53.7 Å². The lowest BCUT2D eigenvalue weighted by molar-refractivity contribution is 0.0945. The van der Waals surface area contributed by atoms with Crippen molar-refractivity contribution in [3.63, 3.8) is 0 Å². The summed E-state index contributed by atoms with van der Waals surface area (Å²) in [5.41, 5.74) is 7.23. The van der Waals surface area contributed by atoms with Crippen molar-refractivity contribution in [1.29, 1.82) is 0 Å². The minimum absolute atomic E-state index is 0.0257. The average molecular weight is 515 g/mol. The molecule has 0 radical (unpaired) electrons. The third-order valence-electron chi connectivity index (χ3n) is 6.80. The molecule has 0 saturated carbocycles. The highest BCUT2D eigenvalue weighted by Crippen LogP contribution is 2.49. The molecule has 196 valence electrons. The van der Waals surface area contributed by atoms with Crippen molar-refractivity contribution in [1.82, 2.24) is 0 Å². The zero-order valence-corrected chi connectivity index (χ0v) is 22.8. The lowest BCUT2D eigenvalue weighted by Crippen LogP contribution is -2.12. The Morgan fingerprint density at radius 2 is 1.38 bits per heavy atom. The topological polar surface area (TPSA) is 35.5 Å². The summed E-state index contributed by atoms with van der Waals surface area (Å²) in [5.74, 6) is 3.40. The first-order chi connectivity index (χ1) is 19.1. The predicted octanol–water partition coefficient (Wildman–Crippen LogP) is 9.88. The molecule has 0 saturated heterocycles. The molecule has 0 bridgehead atoms. The number of ether oxygens (including phenoxy) is 2. The van der Waals surface area contributed by atoms with Gasteiger partial charge in [-0.15, -0.1) is 0 Å². The zero-order valence-electron chi connectivity index (χ0n) is 22.8. The number of allylic oxidation sites excluding steroid dienone is 4. The number of para-hydroxylation sites is 2. The van der Waals surface area contributed by atoms with Gasteiger partial charge in [-0.05, 0) is 66.3 Å². The molecule has 0 aromatic heterocycles. The first kappa shape index (κ1) is 26.2. The Morgan fingerprint density at radius 1 is 0.744 bits per heavy atom. The van der Waals surface area contributed by atoms with Crippen LogP contribution in [0.5, 0.6) is 23.0 Å². The van der Waals surface area contributed by atoms with Crippen LogP contribution in [-0.2, 0) is 6.42 Å². The van der Waals surface area contributed by atoms with Crippen molar-refractivity contribution in [2.24, 2.45) is 5.92 Å². The molecule has 1 unspecified atom stereocenters. The van der Waals surface area contributed by atoms with Crippen LogP contribution in [0.25, 0.3) is 11.1 Å². The third kappa shape index (κ3) is 5.88. The Morgan fingerprint density at radius 3 is 2.05 bits per heavy atom. The summed E-state index contributed by atoms with van der Waals surface area (Å²) < 4.78 is 12.0. The molecular weight excluding hydrogens is 480 g/mol. The third-order valence-corrected chi connectivity index (χ3v) is 6.80. The van der Waals surface area contributed by atoms with Crippen molar-refractivity contribution < 1.29 is 14.3 Å². The molecular formula is C36H34O3. The molecule has 3 aliphatic rings. The molecule has 3 nitrogen and oxygen atoms in total. The van der Waals surface area contributed by atoms with E-state index in [1.807, 2.05) is 79.8 Å². The number of aryl methyl sites for hydroxylation is 1. The lowest BCUT2D eigenvalue weighted by atomic mass is 9.91. The van der Waals surface area contributed by atoms with E-state index in [0.717, 1.165) is 41.4 Å². The Balaban J connectivity index is 0.000000151. The van der Waals surface area contributed by atoms with Crippen LogP contribution in [-0.4, -0.2) is 5.78 Å². The van der Waals surface area contributed by atoms with Gasteiger partial charge in [0.05, 0.1) is 0 Å². The average Bonchev–Trinajstić information content (AvgIpc) is 3.33. The zero-order chi connectivity index (χ0) is 27.2. The van der Waals surface area contributed by atoms with Crippen LogP contribution in [0.15, 0.2) is 109 Å². The molecule has 3 heteroatoms. The molecule has 7 rings (SSSR count). The molecule has 2 aliphatic carbocycles. The monoisotopic (exact) mass is 514 g/mol. The van der Waals surface area contributed by atoms with Crippen molar-refractivity contribution in [2.75, 3.05) is 0 Å². The standard InChI is InChI=1S/C19H12O2.C14H14O.C3H8/c1-2-6-14-12(5-1)9-13-10-18-19(11-15(13)14)21-17-8-4-3-7-16(17)20-18;1-11-7-9-13(10-8-11)14(15)12-5-3-2-4-6-12;1-3-2/h1-8,10-11H,9H2;2-5,7-10,12H,6H2,1H3;3H2,1-2H3. The summed E-state index contributed by atoms with van der Waals surface area (Å²) in [4.78, 5) is 12.0. The Hall–Kier alpha value is -4.37. The van der Waals surface area contributed by atoms with Crippen LogP contribution in [0.3, 0.4) is 0 Å². The second-order valence-electron chi connectivity index (χ2n) is 10.0. The number of rotatable bonds is 2. The van der Waals surface area contributed by atoms with Crippen molar-refractivity contribution in [3.05, 3.63) is 131 Å². The van der Waals surface area contributed by atoms with E-state index in [1.54, 1.807) is 0 Å². The minimum atomic E-state index is 0.0257. The van der Waals surface area contributed by atoms with E-state index in [0.29, 0.717) is 0 Å². The Labute approximate surface area is 231 Å². The maximum atomic E-state index is 12.0. The normalized spacial score (nSPS) is 15.0. The highest BCUT2D eigenvalue weighted by Gasteiger charge is 2.25. The SMILES string of the molecule is CCC.Cc1ccc(C(=O)C2C=CC=CC2)cc1.c1ccc2c(c1)Cc1cc3c(cc1-2)Oc1ccccc1O3. The van der Waals surface area contributed by atoms with Gasteiger partial charge in [0, 0.05) is 11.5 Å². The maximum absolute atomic E-state index is 12.0. The van der Waals surface area contributed by atoms with Crippen LogP contribution < -0.4 is 9.47 Å². The van der Waals surface area contributed by atoms with Crippen LogP contribution in [0, 0.1) is 12.8 Å². The van der Waals surface area contributed by atoms with Gasteiger partial charge in [-0.2, -0.15) is 0 Å². The number of ketones is 1. The highest BCUT2D eigenvalue weighted by atomic mass is 16.6. The number of carbonyl (C=O) groups excluding carboxylic acids is 1. The predicted molar refractivity (Wildman–Crippen MR) is 159 cm³/mol. The first-order valence-corrected chi connectivity index (χ1v) is 13.7. The molecule has 1 aliphatic heterocycles. The summed E-state index contributed by atoms with van der Waals surface area (Å²) in [6.45, 7) is 6.28. The number of fused-ring (bicyclic) bond motifs is 5. The number of hydrogen-bond acceptors (Lipinski definition) is 3. The van der Waals surface area contributed by atoms with E-state index in [9.17, 15) is 4.79 Å². The van der Waals surface area contributed by atoms with E-state index >= 15 is 0 Å². The molecule has 4 aromatic carbocycles. The van der Waals surface area contributed by atoms with Crippen molar-refractivity contribution in [2.45, 2.75) is 40.0 Å². The number of carbonyl (C=O) groups is 1. The fourth-order valence-electron chi connectivity index (χ4n) is 4.86. The molecule has 1 atom stereocenters. The largest absolute Gasteiger partial charge is 0.450 e. The maximum Gasteiger partial charge on any atom is 0.170 e. The Kier molecular flexibility index (Phi) is 8.07. The van der Waals surface area contributed by atoms with Gasteiger partial charge in [0.1, 0.15) is 0 Å². The smallest absolute Gasteiger partial charge is 0.170 e. The van der Waals surface area contributed by atoms with Gasteiger partial charge < -0.3 is 9.47 Å². The summed E-state index contributed by atoms with van der Waals surface area (Å²) in [6, 6.07) is 28.3. The van der Waals surface area contributed by atoms with E-state index < -0.39 is 0 Å². The number of benzene rings is 4. The lowest BCUT2D eigenvalue weighted by Gasteiger charge is -2.21. The highest BCUT2D eigenvalue weighted by molar-refractivity contribution is 5.99.